The van der Waals surface area contributed by atoms with E-state index in [1.807, 2.05) is 6.07 Å². The van der Waals surface area contributed by atoms with E-state index >= 15 is 0 Å². The minimum Gasteiger partial charge on any atom is -0.443 e. The summed E-state index contributed by atoms with van der Waals surface area (Å²) < 4.78 is 49.2. The lowest BCUT2D eigenvalue weighted by Crippen LogP contribution is -2.14. The van der Waals surface area contributed by atoms with E-state index < -0.39 is 24.1 Å². The van der Waals surface area contributed by atoms with Crippen LogP contribution in [0.5, 0.6) is 5.75 Å². The fraction of sp³-hybridized carbons (Fsp3) is 0.111. The molecule has 2 heterocycles. The summed E-state index contributed by atoms with van der Waals surface area (Å²) in [6, 6.07) is 8.39. The molecule has 6 nitrogen and oxygen atoms in total. The van der Waals surface area contributed by atoms with E-state index in [1.54, 1.807) is 29.1 Å². The Morgan fingerprint density at radius 3 is 2.63 bits per heavy atom. The lowest BCUT2D eigenvalue weighted by Gasteiger charge is -2.08. The molecule has 1 amide bonds. The highest BCUT2D eigenvalue weighted by molar-refractivity contribution is 6.07. The third kappa shape index (κ3) is 3.64. The van der Waals surface area contributed by atoms with Crippen molar-refractivity contribution in [2.45, 2.75) is 13.5 Å². The van der Waals surface area contributed by atoms with Gasteiger partial charge in [0, 0.05) is 24.1 Å². The molecule has 0 spiro atoms. The summed E-state index contributed by atoms with van der Waals surface area (Å²) >= 11 is 0. The Morgan fingerprint density at radius 1 is 1.33 bits per heavy atom. The molecule has 2 aromatic heterocycles. The van der Waals surface area contributed by atoms with Crippen LogP contribution in [0.2, 0.25) is 0 Å². The smallest absolute Gasteiger partial charge is 0.387 e. The van der Waals surface area contributed by atoms with Gasteiger partial charge in [0.15, 0.2) is 11.6 Å². The summed E-state index contributed by atoms with van der Waals surface area (Å²) in [5.41, 5.74) is 0.0139. The highest BCUT2D eigenvalue weighted by Crippen LogP contribution is 2.27. The van der Waals surface area contributed by atoms with E-state index in [1.165, 1.54) is 13.0 Å². The highest BCUT2D eigenvalue weighted by atomic mass is 19.3. The molecule has 1 aromatic carbocycles. The molecular weight excluding hydrogens is 363 g/mol. The monoisotopic (exact) mass is 375 g/mol. The normalized spacial score (nSPS) is 10.7. The summed E-state index contributed by atoms with van der Waals surface area (Å²) in [4.78, 5) is 12.6. The molecule has 138 valence electrons. The number of amides is 1. The Balaban J connectivity index is 1.89. The van der Waals surface area contributed by atoms with Crippen molar-refractivity contribution in [3.63, 3.8) is 0 Å². The molecule has 0 aliphatic heterocycles. The zero-order chi connectivity index (χ0) is 19.6. The van der Waals surface area contributed by atoms with Crippen molar-refractivity contribution in [3.8, 4) is 17.7 Å². The Bertz CT molecular complexity index is 1020. The Kier molecular flexibility index (Phi) is 4.90. The van der Waals surface area contributed by atoms with Gasteiger partial charge in [0.2, 0.25) is 5.88 Å². The second-order valence-corrected chi connectivity index (χ2v) is 5.39. The van der Waals surface area contributed by atoms with Crippen molar-refractivity contribution >= 4 is 11.6 Å². The zero-order valence-corrected chi connectivity index (χ0v) is 13.9. The predicted octanol–water partition coefficient (Wildman–Crippen LogP) is 4.24. The van der Waals surface area contributed by atoms with E-state index in [0.29, 0.717) is 0 Å². The van der Waals surface area contributed by atoms with Crippen LogP contribution >= 0.6 is 0 Å². The molecule has 1 N–H and O–H groups in total. The summed E-state index contributed by atoms with van der Waals surface area (Å²) in [6.45, 7) is -1.65. The van der Waals surface area contributed by atoms with Crippen molar-refractivity contribution in [1.82, 2.24) is 4.57 Å². The van der Waals surface area contributed by atoms with Gasteiger partial charge < -0.3 is 14.5 Å². The molecule has 0 aliphatic rings. The first-order chi connectivity index (χ1) is 12.9. The second-order valence-electron chi connectivity index (χ2n) is 5.39. The number of aromatic nitrogens is 1. The maximum atomic E-state index is 13.8. The number of carbonyl (C=O) groups is 1. The molecule has 9 heteroatoms. The number of hydrogen-bond donors (Lipinski definition) is 1. The van der Waals surface area contributed by atoms with Gasteiger partial charge in [-0.15, -0.1) is 0 Å². The number of aryl methyl sites for hydroxylation is 1. The largest absolute Gasteiger partial charge is 0.443 e. The minimum atomic E-state index is -3.17. The summed E-state index contributed by atoms with van der Waals surface area (Å²) in [5, 5.41) is 11.9. The zero-order valence-electron chi connectivity index (χ0n) is 13.9. The molecule has 0 radical (unpaired) electrons. The number of halogens is 3. The standard InChI is InChI=1S/C18H12F3N3O3/c1-10-15(12(9-22)17(26-10)24-6-2-3-7-24)16(25)23-11-4-5-14(13(19)8-11)27-18(20)21/h2-8,18H,1H3,(H,23,25). The molecular formula is C18H12F3N3O3. The molecule has 0 bridgehead atoms. The van der Waals surface area contributed by atoms with Gasteiger partial charge in [0.25, 0.3) is 5.91 Å². The van der Waals surface area contributed by atoms with Crippen LogP contribution in [0, 0.1) is 24.1 Å². The lowest BCUT2D eigenvalue weighted by molar-refractivity contribution is -0.0521. The van der Waals surface area contributed by atoms with Gasteiger partial charge in [-0.3, -0.25) is 9.36 Å². The number of ether oxygens (including phenoxy) is 1. The van der Waals surface area contributed by atoms with Gasteiger partial charge in [-0.2, -0.15) is 14.0 Å². The van der Waals surface area contributed by atoms with E-state index in [9.17, 15) is 23.2 Å². The fourth-order valence-corrected chi connectivity index (χ4v) is 2.52. The second kappa shape index (κ2) is 7.29. The Labute approximate surface area is 151 Å². The lowest BCUT2D eigenvalue weighted by atomic mass is 10.1. The first-order valence-electron chi connectivity index (χ1n) is 7.63. The predicted molar refractivity (Wildman–Crippen MR) is 88.5 cm³/mol. The molecule has 0 atom stereocenters. The Morgan fingerprint density at radius 2 is 2.04 bits per heavy atom. The third-order valence-electron chi connectivity index (χ3n) is 3.65. The number of carbonyl (C=O) groups excluding carboxylic acids is 1. The molecule has 0 aliphatic carbocycles. The summed E-state index contributed by atoms with van der Waals surface area (Å²) in [6.07, 6.45) is 3.30. The third-order valence-corrected chi connectivity index (χ3v) is 3.65. The van der Waals surface area contributed by atoms with Gasteiger partial charge in [-0.1, -0.05) is 0 Å². The van der Waals surface area contributed by atoms with Gasteiger partial charge in [0.1, 0.15) is 23.0 Å². The number of hydrogen-bond acceptors (Lipinski definition) is 4. The number of nitrogens with one attached hydrogen (secondary N) is 1. The topological polar surface area (TPSA) is 80.2 Å². The maximum absolute atomic E-state index is 13.8. The molecule has 0 saturated heterocycles. The van der Waals surface area contributed by atoms with Crippen molar-refractivity contribution in [2.24, 2.45) is 0 Å². The van der Waals surface area contributed by atoms with Crippen LogP contribution in [0.25, 0.3) is 5.88 Å². The summed E-state index contributed by atoms with van der Waals surface area (Å²) in [7, 11) is 0. The molecule has 0 fully saturated rings. The quantitative estimate of drug-likeness (QED) is 0.723. The van der Waals surface area contributed by atoms with Gasteiger partial charge in [-0.05, 0) is 31.2 Å². The number of benzene rings is 1. The molecule has 3 aromatic rings. The maximum Gasteiger partial charge on any atom is 0.387 e. The number of furan rings is 1. The van der Waals surface area contributed by atoms with Crippen LogP contribution in [0.15, 0.2) is 47.1 Å². The van der Waals surface area contributed by atoms with E-state index in [4.69, 9.17) is 4.42 Å². The number of rotatable bonds is 5. The van der Waals surface area contributed by atoms with Crippen LogP contribution in [0.3, 0.4) is 0 Å². The average molecular weight is 375 g/mol. The van der Waals surface area contributed by atoms with E-state index in [-0.39, 0.29) is 28.5 Å². The molecule has 0 unspecified atom stereocenters. The number of alkyl halides is 2. The van der Waals surface area contributed by atoms with Crippen molar-refractivity contribution in [1.29, 1.82) is 5.26 Å². The molecule has 0 saturated carbocycles. The molecule has 27 heavy (non-hydrogen) atoms. The Hall–Kier alpha value is -3.67. The number of nitrogens with zero attached hydrogens (tertiary/aromatic N) is 2. The van der Waals surface area contributed by atoms with E-state index in [0.717, 1.165) is 12.1 Å². The number of anilines is 1. The van der Waals surface area contributed by atoms with Crippen LogP contribution in [-0.4, -0.2) is 17.1 Å². The molecule has 3 rings (SSSR count). The van der Waals surface area contributed by atoms with E-state index in [2.05, 4.69) is 10.1 Å². The van der Waals surface area contributed by atoms with Gasteiger partial charge >= 0.3 is 6.61 Å². The SMILES string of the molecule is Cc1oc(-n2cccc2)c(C#N)c1C(=O)Nc1ccc(OC(F)F)c(F)c1. The van der Waals surface area contributed by atoms with Crippen LogP contribution in [-0.2, 0) is 0 Å². The first kappa shape index (κ1) is 18.1. The first-order valence-corrected chi connectivity index (χ1v) is 7.63. The average Bonchev–Trinajstić information content (AvgIpc) is 3.24. The summed E-state index contributed by atoms with van der Waals surface area (Å²) in [5.74, 6) is -2.03. The minimum absolute atomic E-state index is 0.00508. The highest BCUT2D eigenvalue weighted by Gasteiger charge is 2.25. The van der Waals surface area contributed by atoms with Gasteiger partial charge in [-0.25, -0.2) is 4.39 Å². The van der Waals surface area contributed by atoms with Crippen LogP contribution < -0.4 is 10.1 Å². The van der Waals surface area contributed by atoms with Crippen molar-refractivity contribution in [3.05, 3.63) is 65.4 Å². The van der Waals surface area contributed by atoms with Gasteiger partial charge in [0.05, 0.1) is 0 Å². The van der Waals surface area contributed by atoms with Crippen molar-refractivity contribution in [2.75, 3.05) is 5.32 Å². The van der Waals surface area contributed by atoms with Crippen molar-refractivity contribution < 1.29 is 27.1 Å². The van der Waals surface area contributed by atoms with Crippen LogP contribution in [0.4, 0.5) is 18.9 Å². The number of nitriles is 1. The van der Waals surface area contributed by atoms with Crippen LogP contribution in [0.1, 0.15) is 21.7 Å². The fourth-order valence-electron chi connectivity index (χ4n) is 2.52.